The third-order valence-corrected chi connectivity index (χ3v) is 2.69. The van der Waals surface area contributed by atoms with Gasteiger partial charge < -0.3 is 5.32 Å². The van der Waals surface area contributed by atoms with Crippen LogP contribution < -0.4 is 5.32 Å². The molecule has 0 bridgehead atoms. The highest BCUT2D eigenvalue weighted by Crippen LogP contribution is 2.21. The second-order valence-electron chi connectivity index (χ2n) is 2.45. The molecular weight excluding hydrogens is 158 g/mol. The predicted octanol–water partition coefficient (Wildman–Crippen LogP) is 1.86. The third kappa shape index (κ3) is 2.05. The molecule has 1 atom stereocenters. The minimum absolute atomic E-state index is 0.145. The fourth-order valence-corrected chi connectivity index (χ4v) is 1.76. The number of aryl methyl sites for hydroxylation is 1. The van der Waals surface area contributed by atoms with Crippen molar-refractivity contribution in [3.63, 3.8) is 0 Å². The molecule has 1 aromatic heterocycles. The molecule has 1 rings (SSSR count). The quantitative estimate of drug-likeness (QED) is 0.687. The topological polar surface area (TPSA) is 29.1 Å². The van der Waals surface area contributed by atoms with Crippen LogP contribution in [0.5, 0.6) is 0 Å². The number of amides is 1. The Morgan fingerprint density at radius 1 is 1.64 bits per heavy atom. The number of nitrogens with one attached hydrogen (secondary N) is 1. The van der Waals surface area contributed by atoms with E-state index in [0.29, 0.717) is 0 Å². The lowest BCUT2D eigenvalue weighted by molar-refractivity contribution is -0.110. The van der Waals surface area contributed by atoms with Crippen LogP contribution in [0.1, 0.15) is 22.7 Å². The molecule has 11 heavy (non-hydrogen) atoms. The zero-order valence-corrected chi connectivity index (χ0v) is 7.44. The Bertz CT molecular complexity index is 244. The van der Waals surface area contributed by atoms with Crippen molar-refractivity contribution in [2.45, 2.75) is 19.9 Å². The van der Waals surface area contributed by atoms with E-state index in [1.54, 1.807) is 11.3 Å². The molecule has 60 valence electrons. The summed E-state index contributed by atoms with van der Waals surface area (Å²) in [5, 5.41) is 2.70. The summed E-state index contributed by atoms with van der Waals surface area (Å²) < 4.78 is 0. The first-order valence-electron chi connectivity index (χ1n) is 3.50. The van der Waals surface area contributed by atoms with E-state index in [1.165, 1.54) is 9.75 Å². The molecule has 1 aromatic rings. The fourth-order valence-electron chi connectivity index (χ4n) is 0.870. The van der Waals surface area contributed by atoms with E-state index in [2.05, 4.69) is 18.3 Å². The van der Waals surface area contributed by atoms with Crippen molar-refractivity contribution >= 4 is 17.7 Å². The summed E-state index contributed by atoms with van der Waals surface area (Å²) in [6.07, 6.45) is 0.736. The molecule has 0 aromatic carbocycles. The monoisotopic (exact) mass is 169 g/mol. The smallest absolute Gasteiger partial charge is 0.207 e. The molecule has 1 N–H and O–H groups in total. The van der Waals surface area contributed by atoms with Crippen molar-refractivity contribution in [1.29, 1.82) is 0 Å². The number of thiophene rings is 1. The molecule has 0 aliphatic carbocycles. The van der Waals surface area contributed by atoms with Gasteiger partial charge in [0.2, 0.25) is 6.41 Å². The van der Waals surface area contributed by atoms with E-state index >= 15 is 0 Å². The molecule has 1 unspecified atom stereocenters. The van der Waals surface area contributed by atoms with Crippen LogP contribution in [0.25, 0.3) is 0 Å². The minimum Gasteiger partial charge on any atom is -0.351 e. The molecular formula is C8H11NOS. The zero-order valence-electron chi connectivity index (χ0n) is 6.63. The Balaban J connectivity index is 2.67. The normalized spacial score (nSPS) is 12.5. The maximum Gasteiger partial charge on any atom is 0.207 e. The Morgan fingerprint density at radius 3 is 2.82 bits per heavy atom. The van der Waals surface area contributed by atoms with Gasteiger partial charge >= 0.3 is 0 Å². The van der Waals surface area contributed by atoms with Crippen molar-refractivity contribution < 1.29 is 4.79 Å². The van der Waals surface area contributed by atoms with Crippen LogP contribution in [0.2, 0.25) is 0 Å². The van der Waals surface area contributed by atoms with E-state index in [1.807, 2.05) is 13.0 Å². The lowest BCUT2D eigenvalue weighted by Crippen LogP contribution is -2.14. The molecule has 0 radical (unpaired) electrons. The van der Waals surface area contributed by atoms with Crippen LogP contribution in [-0.4, -0.2) is 6.41 Å². The summed E-state index contributed by atoms with van der Waals surface area (Å²) in [7, 11) is 0. The van der Waals surface area contributed by atoms with Gasteiger partial charge in [0.05, 0.1) is 6.04 Å². The highest BCUT2D eigenvalue weighted by atomic mass is 32.1. The molecule has 3 heteroatoms. The number of hydrogen-bond acceptors (Lipinski definition) is 2. The average Bonchev–Trinajstić information content (AvgIpc) is 2.36. The van der Waals surface area contributed by atoms with Gasteiger partial charge in [-0.3, -0.25) is 4.79 Å². The third-order valence-electron chi connectivity index (χ3n) is 1.51. The lowest BCUT2D eigenvalue weighted by Gasteiger charge is -2.05. The Hall–Kier alpha value is -0.830. The van der Waals surface area contributed by atoms with Gasteiger partial charge in [0.15, 0.2) is 0 Å². The van der Waals surface area contributed by atoms with Gasteiger partial charge in [-0.2, -0.15) is 0 Å². The Morgan fingerprint density at radius 2 is 2.36 bits per heavy atom. The van der Waals surface area contributed by atoms with E-state index < -0.39 is 0 Å². The molecule has 0 saturated heterocycles. The summed E-state index contributed by atoms with van der Waals surface area (Å²) in [6.45, 7) is 4.03. The highest BCUT2D eigenvalue weighted by Gasteiger charge is 2.04. The van der Waals surface area contributed by atoms with Crippen LogP contribution in [-0.2, 0) is 4.79 Å². The number of hydrogen-bond donors (Lipinski definition) is 1. The van der Waals surface area contributed by atoms with Gasteiger partial charge in [-0.25, -0.2) is 0 Å². The molecule has 0 saturated carbocycles. The summed E-state index contributed by atoms with van der Waals surface area (Å²) in [5.41, 5.74) is 0. The van der Waals surface area contributed by atoms with Gasteiger partial charge in [-0.05, 0) is 26.0 Å². The van der Waals surface area contributed by atoms with Crippen LogP contribution in [0.3, 0.4) is 0 Å². The maximum atomic E-state index is 10.1. The van der Waals surface area contributed by atoms with E-state index in [4.69, 9.17) is 0 Å². The van der Waals surface area contributed by atoms with Crippen LogP contribution >= 0.6 is 11.3 Å². The Labute approximate surface area is 70.2 Å². The highest BCUT2D eigenvalue weighted by molar-refractivity contribution is 7.12. The van der Waals surface area contributed by atoms with Gasteiger partial charge in [-0.15, -0.1) is 11.3 Å². The molecule has 0 fully saturated rings. The summed E-state index contributed by atoms with van der Waals surface area (Å²) in [4.78, 5) is 12.6. The van der Waals surface area contributed by atoms with Gasteiger partial charge in [0.25, 0.3) is 0 Å². The van der Waals surface area contributed by atoms with Crippen LogP contribution in [0, 0.1) is 6.92 Å². The maximum absolute atomic E-state index is 10.1. The number of carbonyl (C=O) groups excluding carboxylic acids is 1. The first-order valence-corrected chi connectivity index (χ1v) is 4.31. The van der Waals surface area contributed by atoms with Crippen molar-refractivity contribution in [3.8, 4) is 0 Å². The van der Waals surface area contributed by atoms with E-state index in [-0.39, 0.29) is 6.04 Å². The van der Waals surface area contributed by atoms with Gasteiger partial charge in [0.1, 0.15) is 0 Å². The predicted molar refractivity (Wildman–Crippen MR) is 46.7 cm³/mol. The molecule has 2 nitrogen and oxygen atoms in total. The molecule has 0 aliphatic heterocycles. The standard InChI is InChI=1S/C8H11NOS/c1-6-3-4-8(11-6)7(2)9-5-10/h3-5,7H,1-2H3,(H,9,10). The fraction of sp³-hybridized carbons (Fsp3) is 0.375. The molecule has 1 heterocycles. The van der Waals surface area contributed by atoms with Crippen molar-refractivity contribution in [1.82, 2.24) is 5.32 Å². The van der Waals surface area contributed by atoms with Crippen LogP contribution in [0.15, 0.2) is 12.1 Å². The number of carbonyl (C=O) groups is 1. The molecule has 1 amide bonds. The van der Waals surface area contributed by atoms with E-state index in [9.17, 15) is 4.79 Å². The lowest BCUT2D eigenvalue weighted by atomic mass is 10.3. The average molecular weight is 169 g/mol. The summed E-state index contributed by atoms with van der Waals surface area (Å²) in [6, 6.07) is 4.25. The van der Waals surface area contributed by atoms with Crippen LogP contribution in [0.4, 0.5) is 0 Å². The molecule has 0 spiro atoms. The van der Waals surface area contributed by atoms with Crippen molar-refractivity contribution in [2.24, 2.45) is 0 Å². The summed E-state index contributed by atoms with van der Waals surface area (Å²) in [5.74, 6) is 0. The Kier molecular flexibility index (Phi) is 2.65. The molecule has 0 aliphatic rings. The number of rotatable bonds is 3. The van der Waals surface area contributed by atoms with E-state index in [0.717, 1.165) is 6.41 Å². The second kappa shape index (κ2) is 3.53. The first kappa shape index (κ1) is 8.27. The van der Waals surface area contributed by atoms with Gasteiger partial charge in [-0.1, -0.05) is 0 Å². The SMILES string of the molecule is Cc1ccc(C(C)NC=O)s1. The second-order valence-corrected chi connectivity index (χ2v) is 3.77. The zero-order chi connectivity index (χ0) is 8.27. The summed E-state index contributed by atoms with van der Waals surface area (Å²) >= 11 is 1.71. The first-order chi connectivity index (χ1) is 5.24. The van der Waals surface area contributed by atoms with Gasteiger partial charge in [0, 0.05) is 9.75 Å². The minimum atomic E-state index is 0.145. The van der Waals surface area contributed by atoms with Crippen molar-refractivity contribution in [3.05, 3.63) is 21.9 Å². The van der Waals surface area contributed by atoms with Crippen molar-refractivity contribution in [2.75, 3.05) is 0 Å². The largest absolute Gasteiger partial charge is 0.351 e.